The number of nitrogens with zero attached hydrogens (tertiary/aromatic N) is 3. The van der Waals surface area contributed by atoms with Crippen LogP contribution in [0.4, 0.5) is 0 Å². The summed E-state index contributed by atoms with van der Waals surface area (Å²) in [5.74, 6) is -0.497. The number of rotatable bonds is 2. The van der Waals surface area contributed by atoms with Crippen LogP contribution in [0, 0.1) is 0 Å². The summed E-state index contributed by atoms with van der Waals surface area (Å²) in [5.41, 5.74) is 6.44. The van der Waals surface area contributed by atoms with Crippen LogP contribution >= 0.6 is 15.9 Å². The fourth-order valence-corrected chi connectivity index (χ4v) is 2.86. The highest BCUT2D eigenvalue weighted by Crippen LogP contribution is 2.29. The third-order valence-electron chi connectivity index (χ3n) is 3.25. The minimum atomic E-state index is -0.497. The second-order valence-electron chi connectivity index (χ2n) is 4.49. The monoisotopic (exact) mass is 324 g/mol. The van der Waals surface area contributed by atoms with Crippen LogP contribution in [-0.4, -0.2) is 27.3 Å². The molecule has 1 aliphatic heterocycles. The summed E-state index contributed by atoms with van der Waals surface area (Å²) in [6.45, 7) is 0.727. The smallest absolute Gasteiger partial charge is 0.250 e. The van der Waals surface area contributed by atoms with E-state index in [2.05, 4.69) is 26.0 Å². The molecule has 1 amide bonds. The van der Waals surface area contributed by atoms with Gasteiger partial charge >= 0.3 is 0 Å². The third-order valence-corrected chi connectivity index (χ3v) is 3.85. The summed E-state index contributed by atoms with van der Waals surface area (Å²) in [4.78, 5) is 15.8. The Morgan fingerprint density at radius 2 is 2.32 bits per heavy atom. The summed E-state index contributed by atoms with van der Waals surface area (Å²) in [7, 11) is 0. The maximum Gasteiger partial charge on any atom is 0.250 e. The molecule has 7 heteroatoms. The van der Waals surface area contributed by atoms with Gasteiger partial charge < -0.3 is 10.5 Å². The van der Waals surface area contributed by atoms with Crippen LogP contribution in [0.15, 0.2) is 16.9 Å². The van der Waals surface area contributed by atoms with Crippen LogP contribution in [-0.2, 0) is 4.74 Å². The van der Waals surface area contributed by atoms with E-state index in [1.165, 1.54) is 0 Å². The van der Waals surface area contributed by atoms with E-state index in [-0.39, 0.29) is 6.23 Å². The summed E-state index contributed by atoms with van der Waals surface area (Å²) in [6.07, 6.45) is 6.15. The van der Waals surface area contributed by atoms with Crippen LogP contribution < -0.4 is 5.73 Å². The Morgan fingerprint density at radius 1 is 1.47 bits per heavy atom. The Hall–Kier alpha value is -1.47. The average molecular weight is 325 g/mol. The molecule has 1 atom stereocenters. The molecule has 19 heavy (non-hydrogen) atoms. The van der Waals surface area contributed by atoms with E-state index in [1.807, 2.05) is 0 Å². The molecular weight excluding hydrogens is 312 g/mol. The standard InChI is InChI=1S/C12H13BrN4O2/c13-8-6-15-12-7(10(8)11(14)18)5-16-17(12)9-3-1-2-4-19-9/h5-6,9H,1-4H2,(H2,14,18). The summed E-state index contributed by atoms with van der Waals surface area (Å²) in [5, 5.41) is 4.95. The molecule has 100 valence electrons. The van der Waals surface area contributed by atoms with E-state index in [1.54, 1.807) is 17.1 Å². The minimum Gasteiger partial charge on any atom is -0.366 e. The van der Waals surface area contributed by atoms with Crippen molar-refractivity contribution in [2.45, 2.75) is 25.5 Å². The van der Waals surface area contributed by atoms with Crippen molar-refractivity contribution in [3.8, 4) is 0 Å². The molecule has 6 nitrogen and oxygen atoms in total. The zero-order chi connectivity index (χ0) is 13.4. The second-order valence-corrected chi connectivity index (χ2v) is 5.35. The van der Waals surface area contributed by atoms with Gasteiger partial charge in [-0.3, -0.25) is 4.79 Å². The molecule has 0 saturated carbocycles. The maximum absolute atomic E-state index is 11.5. The molecule has 3 heterocycles. The number of carbonyl (C=O) groups is 1. The molecule has 0 spiro atoms. The van der Waals surface area contributed by atoms with Crippen molar-refractivity contribution < 1.29 is 9.53 Å². The number of fused-ring (bicyclic) bond motifs is 1. The number of ether oxygens (including phenoxy) is 1. The van der Waals surface area contributed by atoms with Crippen molar-refractivity contribution in [1.82, 2.24) is 14.8 Å². The number of carbonyl (C=O) groups excluding carboxylic acids is 1. The molecule has 0 aromatic carbocycles. The maximum atomic E-state index is 11.5. The second kappa shape index (κ2) is 4.90. The number of pyridine rings is 1. The van der Waals surface area contributed by atoms with E-state index in [0.29, 0.717) is 21.1 Å². The summed E-state index contributed by atoms with van der Waals surface area (Å²) >= 11 is 3.29. The van der Waals surface area contributed by atoms with Gasteiger partial charge in [0.05, 0.1) is 17.1 Å². The Kier molecular flexibility index (Phi) is 3.24. The molecule has 2 N–H and O–H groups in total. The van der Waals surface area contributed by atoms with Gasteiger partial charge in [0.2, 0.25) is 0 Å². The molecule has 1 aliphatic rings. The lowest BCUT2D eigenvalue weighted by Crippen LogP contribution is -2.19. The van der Waals surface area contributed by atoms with Gasteiger partial charge in [0.1, 0.15) is 0 Å². The van der Waals surface area contributed by atoms with Crippen LogP contribution in [0.2, 0.25) is 0 Å². The first-order valence-electron chi connectivity index (χ1n) is 6.11. The number of hydrogen-bond acceptors (Lipinski definition) is 4. The molecule has 1 unspecified atom stereocenters. The topological polar surface area (TPSA) is 83.0 Å². The first-order valence-corrected chi connectivity index (χ1v) is 6.91. The molecule has 3 rings (SSSR count). The van der Waals surface area contributed by atoms with Crippen LogP contribution in [0.25, 0.3) is 11.0 Å². The van der Waals surface area contributed by atoms with Gasteiger partial charge in [-0.2, -0.15) is 5.10 Å². The van der Waals surface area contributed by atoms with Crippen molar-refractivity contribution >= 4 is 32.9 Å². The van der Waals surface area contributed by atoms with Crippen molar-refractivity contribution in [1.29, 1.82) is 0 Å². The molecule has 1 fully saturated rings. The first-order chi connectivity index (χ1) is 9.18. The Bertz CT molecular complexity index is 634. The van der Waals surface area contributed by atoms with E-state index in [9.17, 15) is 4.79 Å². The lowest BCUT2D eigenvalue weighted by Gasteiger charge is -2.23. The highest BCUT2D eigenvalue weighted by atomic mass is 79.9. The molecule has 1 saturated heterocycles. The van der Waals surface area contributed by atoms with Crippen LogP contribution in [0.5, 0.6) is 0 Å². The van der Waals surface area contributed by atoms with Crippen LogP contribution in [0.3, 0.4) is 0 Å². The lowest BCUT2D eigenvalue weighted by atomic mass is 10.1. The molecule has 0 aliphatic carbocycles. The quantitative estimate of drug-likeness (QED) is 0.915. The number of aromatic nitrogens is 3. The predicted molar refractivity (Wildman–Crippen MR) is 72.6 cm³/mol. The highest BCUT2D eigenvalue weighted by molar-refractivity contribution is 9.10. The fourth-order valence-electron chi connectivity index (χ4n) is 2.35. The first kappa shape index (κ1) is 12.6. The highest BCUT2D eigenvalue weighted by Gasteiger charge is 2.22. The largest absolute Gasteiger partial charge is 0.366 e. The Balaban J connectivity index is 2.13. The molecule has 2 aromatic rings. The lowest BCUT2D eigenvalue weighted by molar-refractivity contribution is -0.0370. The van der Waals surface area contributed by atoms with E-state index in [0.717, 1.165) is 25.9 Å². The Labute approximate surface area is 118 Å². The number of amides is 1. The van der Waals surface area contributed by atoms with E-state index >= 15 is 0 Å². The van der Waals surface area contributed by atoms with Crippen molar-refractivity contribution in [2.75, 3.05) is 6.61 Å². The van der Waals surface area contributed by atoms with Gasteiger partial charge in [0.25, 0.3) is 5.91 Å². The van der Waals surface area contributed by atoms with E-state index in [4.69, 9.17) is 10.5 Å². The van der Waals surface area contributed by atoms with Crippen molar-refractivity contribution in [3.63, 3.8) is 0 Å². The molecule has 0 radical (unpaired) electrons. The number of primary amides is 1. The molecular formula is C12H13BrN4O2. The van der Waals surface area contributed by atoms with Gasteiger partial charge in [0.15, 0.2) is 11.9 Å². The van der Waals surface area contributed by atoms with E-state index < -0.39 is 5.91 Å². The van der Waals surface area contributed by atoms with Gasteiger partial charge in [-0.25, -0.2) is 9.67 Å². The van der Waals surface area contributed by atoms with Crippen molar-refractivity contribution in [2.24, 2.45) is 5.73 Å². The Morgan fingerprint density at radius 3 is 3.00 bits per heavy atom. The minimum absolute atomic E-state index is 0.111. The number of hydrogen-bond donors (Lipinski definition) is 1. The zero-order valence-corrected chi connectivity index (χ0v) is 11.8. The SMILES string of the molecule is NC(=O)c1c(Br)cnc2c1cnn2C1CCCCO1. The van der Waals surface area contributed by atoms with Gasteiger partial charge in [-0.1, -0.05) is 0 Å². The van der Waals surface area contributed by atoms with Crippen molar-refractivity contribution in [3.05, 3.63) is 22.4 Å². The fraction of sp³-hybridized carbons (Fsp3) is 0.417. The third kappa shape index (κ3) is 2.12. The average Bonchev–Trinajstić information content (AvgIpc) is 2.82. The summed E-state index contributed by atoms with van der Waals surface area (Å²) in [6, 6.07) is 0. The summed E-state index contributed by atoms with van der Waals surface area (Å²) < 4.78 is 8.00. The zero-order valence-electron chi connectivity index (χ0n) is 10.2. The predicted octanol–water partition coefficient (Wildman–Crippen LogP) is 1.99. The van der Waals surface area contributed by atoms with Crippen LogP contribution in [0.1, 0.15) is 35.8 Å². The molecule has 2 aromatic heterocycles. The number of nitrogens with two attached hydrogens (primary N) is 1. The number of halogens is 1. The van der Waals surface area contributed by atoms with Gasteiger partial charge in [-0.05, 0) is 35.2 Å². The normalized spacial score (nSPS) is 19.7. The molecule has 0 bridgehead atoms. The van der Waals surface area contributed by atoms with Gasteiger partial charge in [0, 0.05) is 17.3 Å². The van der Waals surface area contributed by atoms with Gasteiger partial charge in [-0.15, -0.1) is 0 Å².